The van der Waals surface area contributed by atoms with Crippen molar-refractivity contribution >= 4 is 38.2 Å². The third-order valence-corrected chi connectivity index (χ3v) is 8.61. The smallest absolute Gasteiger partial charge is 0.341 e. The summed E-state index contributed by atoms with van der Waals surface area (Å²) in [5.74, 6) is -0.940. The number of nitrogens with one attached hydrogen (secondary N) is 1. The fourth-order valence-electron chi connectivity index (χ4n) is 4.01. The van der Waals surface area contributed by atoms with Crippen LogP contribution in [0, 0.1) is 6.92 Å². The Hall–Kier alpha value is -3.01. The third-order valence-electron chi connectivity index (χ3n) is 5.67. The molecule has 0 atom stereocenters. The van der Waals surface area contributed by atoms with Crippen LogP contribution in [0.25, 0.3) is 11.1 Å². The van der Waals surface area contributed by atoms with Crippen LogP contribution < -0.4 is 5.32 Å². The summed E-state index contributed by atoms with van der Waals surface area (Å²) < 4.78 is 32.2. The molecule has 0 unspecified atom stereocenters. The lowest BCUT2D eigenvalue weighted by molar-refractivity contribution is 0.0529. The molecule has 1 aliphatic heterocycles. The normalized spacial score (nSPS) is 14.2. The predicted molar refractivity (Wildman–Crippen MR) is 133 cm³/mol. The molecule has 9 heteroatoms. The quantitative estimate of drug-likeness (QED) is 0.466. The van der Waals surface area contributed by atoms with Crippen LogP contribution in [-0.4, -0.2) is 44.3 Å². The van der Waals surface area contributed by atoms with Crippen LogP contribution in [0.15, 0.2) is 59.5 Å². The molecule has 0 radical (unpaired) electrons. The molecule has 1 aliphatic rings. The van der Waals surface area contributed by atoms with E-state index in [1.807, 2.05) is 37.3 Å². The number of carbonyl (C=O) groups is 2. The number of nitrogens with zero attached hydrogens (tertiary/aromatic N) is 1. The van der Waals surface area contributed by atoms with Crippen molar-refractivity contribution in [2.75, 3.05) is 25.0 Å². The number of hydrogen-bond acceptors (Lipinski definition) is 6. The molecule has 2 aromatic carbocycles. The second-order valence-corrected chi connectivity index (χ2v) is 11.1. The van der Waals surface area contributed by atoms with Gasteiger partial charge in [-0.1, -0.05) is 30.3 Å². The minimum absolute atomic E-state index is 0.163. The maximum Gasteiger partial charge on any atom is 0.341 e. The molecule has 178 valence electrons. The predicted octanol–water partition coefficient (Wildman–Crippen LogP) is 4.94. The Kier molecular flexibility index (Phi) is 7.16. The standard InChI is InChI=1S/C25H26N2O5S2/c1-3-32-25(29)22-21(18-9-5-4-6-10-18)17(2)33-24(22)26-23(28)19-11-13-20(14-12-19)34(30,31)27-15-7-8-16-27/h4-6,9-14H,3,7-8,15-16H2,1-2H3,(H,26,28). The summed E-state index contributed by atoms with van der Waals surface area (Å²) in [5.41, 5.74) is 2.20. The molecule has 1 aromatic heterocycles. The summed E-state index contributed by atoms with van der Waals surface area (Å²) in [7, 11) is -3.55. The van der Waals surface area contributed by atoms with Gasteiger partial charge in [0.25, 0.3) is 5.91 Å². The lowest BCUT2D eigenvalue weighted by Gasteiger charge is -2.15. The van der Waals surface area contributed by atoms with Crippen LogP contribution in [0.5, 0.6) is 0 Å². The highest BCUT2D eigenvalue weighted by Crippen LogP contribution is 2.40. The van der Waals surface area contributed by atoms with E-state index in [2.05, 4.69) is 5.32 Å². The summed E-state index contributed by atoms with van der Waals surface area (Å²) in [6.45, 7) is 4.87. The average molecular weight is 499 g/mol. The number of hydrogen-bond donors (Lipinski definition) is 1. The molecule has 1 saturated heterocycles. The van der Waals surface area contributed by atoms with Crippen molar-refractivity contribution in [3.8, 4) is 11.1 Å². The minimum Gasteiger partial charge on any atom is -0.462 e. The van der Waals surface area contributed by atoms with E-state index >= 15 is 0 Å². The van der Waals surface area contributed by atoms with Gasteiger partial charge >= 0.3 is 5.97 Å². The molecule has 3 aromatic rings. The minimum atomic E-state index is -3.55. The lowest BCUT2D eigenvalue weighted by atomic mass is 10.0. The van der Waals surface area contributed by atoms with Crippen molar-refractivity contribution in [3.63, 3.8) is 0 Å². The van der Waals surface area contributed by atoms with E-state index in [-0.39, 0.29) is 11.5 Å². The first-order chi connectivity index (χ1) is 16.3. The van der Waals surface area contributed by atoms with Crippen LogP contribution in [-0.2, 0) is 14.8 Å². The number of rotatable bonds is 7. The van der Waals surface area contributed by atoms with Gasteiger partial charge in [-0.15, -0.1) is 11.3 Å². The number of ether oxygens (including phenoxy) is 1. The van der Waals surface area contributed by atoms with Gasteiger partial charge in [0.15, 0.2) is 0 Å². The van der Waals surface area contributed by atoms with Gasteiger partial charge in [0.2, 0.25) is 10.0 Å². The largest absolute Gasteiger partial charge is 0.462 e. The van der Waals surface area contributed by atoms with E-state index in [9.17, 15) is 18.0 Å². The average Bonchev–Trinajstić information content (AvgIpc) is 3.48. The SMILES string of the molecule is CCOC(=O)c1c(NC(=O)c2ccc(S(=O)(=O)N3CCCC3)cc2)sc(C)c1-c1ccccc1. The van der Waals surface area contributed by atoms with Crippen molar-refractivity contribution in [2.45, 2.75) is 31.6 Å². The Morgan fingerprint density at radius 2 is 1.68 bits per heavy atom. The topological polar surface area (TPSA) is 92.8 Å². The molecule has 1 amide bonds. The van der Waals surface area contributed by atoms with Gasteiger partial charge in [-0.05, 0) is 56.5 Å². The number of anilines is 1. The second-order valence-electron chi connectivity index (χ2n) is 7.91. The molecule has 4 rings (SSSR count). The van der Waals surface area contributed by atoms with Crippen molar-refractivity contribution in [3.05, 3.63) is 70.6 Å². The second kappa shape index (κ2) is 10.1. The van der Waals surface area contributed by atoms with Crippen molar-refractivity contribution in [2.24, 2.45) is 0 Å². The van der Waals surface area contributed by atoms with Crippen LogP contribution >= 0.6 is 11.3 Å². The number of esters is 1. The zero-order valence-electron chi connectivity index (χ0n) is 19.0. The van der Waals surface area contributed by atoms with Crippen LogP contribution in [0.2, 0.25) is 0 Å². The number of aryl methyl sites for hydroxylation is 1. The highest BCUT2D eigenvalue weighted by atomic mass is 32.2. The van der Waals surface area contributed by atoms with Gasteiger partial charge in [0, 0.05) is 29.1 Å². The number of benzene rings is 2. The van der Waals surface area contributed by atoms with E-state index in [0.717, 1.165) is 28.8 Å². The number of amides is 1. The lowest BCUT2D eigenvalue weighted by Crippen LogP contribution is -2.27. The Morgan fingerprint density at radius 3 is 2.29 bits per heavy atom. The molecule has 0 aliphatic carbocycles. The first-order valence-corrected chi connectivity index (χ1v) is 13.4. The van der Waals surface area contributed by atoms with E-state index in [4.69, 9.17) is 4.74 Å². The molecular formula is C25H26N2O5S2. The van der Waals surface area contributed by atoms with E-state index in [1.54, 1.807) is 6.92 Å². The fraction of sp³-hybridized carbons (Fsp3) is 0.280. The Morgan fingerprint density at radius 1 is 1.03 bits per heavy atom. The summed E-state index contributed by atoms with van der Waals surface area (Å²) in [5, 5.41) is 3.23. The van der Waals surface area contributed by atoms with Crippen LogP contribution in [0.3, 0.4) is 0 Å². The fourth-order valence-corrected chi connectivity index (χ4v) is 6.59. The maximum absolute atomic E-state index is 13.0. The Bertz CT molecular complexity index is 1290. The first kappa shape index (κ1) is 24.1. The molecule has 2 heterocycles. The Balaban J connectivity index is 1.62. The van der Waals surface area contributed by atoms with Gasteiger partial charge in [-0.2, -0.15) is 4.31 Å². The summed E-state index contributed by atoms with van der Waals surface area (Å²) in [6, 6.07) is 15.3. The zero-order valence-corrected chi connectivity index (χ0v) is 20.7. The summed E-state index contributed by atoms with van der Waals surface area (Å²) >= 11 is 1.30. The van der Waals surface area contributed by atoms with Gasteiger partial charge < -0.3 is 10.1 Å². The van der Waals surface area contributed by atoms with Gasteiger partial charge in [0.05, 0.1) is 11.5 Å². The van der Waals surface area contributed by atoms with E-state index < -0.39 is 21.9 Å². The van der Waals surface area contributed by atoms with Crippen molar-refractivity contribution in [1.82, 2.24) is 4.31 Å². The summed E-state index contributed by atoms with van der Waals surface area (Å²) in [4.78, 5) is 26.9. The van der Waals surface area contributed by atoms with Gasteiger partial charge in [0.1, 0.15) is 10.6 Å². The zero-order chi connectivity index (χ0) is 24.3. The monoisotopic (exact) mass is 498 g/mol. The number of carbonyl (C=O) groups excluding carboxylic acids is 2. The molecule has 0 saturated carbocycles. The molecule has 0 bridgehead atoms. The third kappa shape index (κ3) is 4.77. The molecule has 7 nitrogen and oxygen atoms in total. The van der Waals surface area contributed by atoms with Gasteiger partial charge in [-0.25, -0.2) is 13.2 Å². The number of thiophene rings is 1. The highest BCUT2D eigenvalue weighted by molar-refractivity contribution is 7.89. The van der Waals surface area contributed by atoms with Crippen LogP contribution in [0.1, 0.15) is 45.4 Å². The Labute approximate surface area is 203 Å². The molecule has 34 heavy (non-hydrogen) atoms. The van der Waals surface area contributed by atoms with Gasteiger partial charge in [-0.3, -0.25) is 4.79 Å². The molecule has 1 fully saturated rings. The first-order valence-electron chi connectivity index (χ1n) is 11.1. The number of sulfonamides is 1. The maximum atomic E-state index is 13.0. The van der Waals surface area contributed by atoms with Crippen LogP contribution in [0.4, 0.5) is 5.00 Å². The molecule has 1 N–H and O–H groups in total. The summed E-state index contributed by atoms with van der Waals surface area (Å²) in [6.07, 6.45) is 1.71. The highest BCUT2D eigenvalue weighted by Gasteiger charge is 2.28. The molecule has 0 spiro atoms. The van der Waals surface area contributed by atoms with Crippen molar-refractivity contribution in [1.29, 1.82) is 0 Å². The van der Waals surface area contributed by atoms with Crippen molar-refractivity contribution < 1.29 is 22.7 Å². The van der Waals surface area contributed by atoms with E-state index in [1.165, 1.54) is 39.9 Å². The van der Waals surface area contributed by atoms with E-state index in [0.29, 0.717) is 29.2 Å². The molecular weight excluding hydrogens is 472 g/mol.